The molecule has 1 saturated heterocycles. The van der Waals surface area contributed by atoms with Gasteiger partial charge >= 0.3 is 0 Å². The smallest absolute Gasteiger partial charge is 0.0536 e. The Balaban J connectivity index is 1.67. The highest BCUT2D eigenvalue weighted by Crippen LogP contribution is 2.37. The van der Waals surface area contributed by atoms with Crippen LogP contribution in [0.5, 0.6) is 0 Å². The van der Waals surface area contributed by atoms with Gasteiger partial charge < -0.3 is 5.32 Å². The molecular formula is C17H30N4. The van der Waals surface area contributed by atoms with E-state index in [1.54, 1.807) is 0 Å². The molecule has 4 nitrogen and oxygen atoms in total. The van der Waals surface area contributed by atoms with Crippen molar-refractivity contribution in [3.63, 3.8) is 0 Å². The number of hydrogen-bond donors (Lipinski definition) is 1. The van der Waals surface area contributed by atoms with Gasteiger partial charge in [0.15, 0.2) is 0 Å². The minimum atomic E-state index is 0.428. The molecule has 1 aromatic heterocycles. The molecule has 4 heteroatoms. The number of nitrogens with one attached hydrogen (secondary N) is 1. The number of piperazine rings is 1. The molecule has 1 aliphatic heterocycles. The van der Waals surface area contributed by atoms with Crippen LogP contribution in [0.3, 0.4) is 0 Å². The second kappa shape index (κ2) is 6.49. The molecule has 2 aliphatic rings. The van der Waals surface area contributed by atoms with Gasteiger partial charge in [-0.25, -0.2) is 0 Å². The Labute approximate surface area is 128 Å². The van der Waals surface area contributed by atoms with Gasteiger partial charge in [0.05, 0.1) is 6.54 Å². The van der Waals surface area contributed by atoms with Gasteiger partial charge in [-0.2, -0.15) is 5.10 Å². The molecule has 1 spiro atoms. The molecular weight excluding hydrogens is 260 g/mol. The summed E-state index contributed by atoms with van der Waals surface area (Å²) in [5.74, 6) is 0.760. The van der Waals surface area contributed by atoms with Crippen molar-refractivity contribution >= 4 is 0 Å². The van der Waals surface area contributed by atoms with E-state index in [-0.39, 0.29) is 0 Å². The lowest BCUT2D eigenvalue weighted by molar-refractivity contribution is 0.0273. The van der Waals surface area contributed by atoms with Crippen LogP contribution in [0.15, 0.2) is 18.5 Å². The molecule has 0 bridgehead atoms. The fourth-order valence-corrected chi connectivity index (χ4v) is 4.10. The maximum atomic E-state index is 4.36. The predicted molar refractivity (Wildman–Crippen MR) is 86.2 cm³/mol. The molecule has 118 valence electrons. The van der Waals surface area contributed by atoms with Crippen molar-refractivity contribution in [3.8, 4) is 0 Å². The first-order chi connectivity index (χ1) is 10.2. The average Bonchev–Trinajstić information content (AvgIpc) is 3.18. The first-order valence-electron chi connectivity index (χ1n) is 8.69. The van der Waals surface area contributed by atoms with Crippen LogP contribution >= 0.6 is 0 Å². The second-order valence-electron chi connectivity index (χ2n) is 7.02. The summed E-state index contributed by atoms with van der Waals surface area (Å²) in [6.45, 7) is 9.23. The van der Waals surface area contributed by atoms with E-state index >= 15 is 0 Å². The van der Waals surface area contributed by atoms with Crippen molar-refractivity contribution in [2.24, 2.45) is 5.92 Å². The summed E-state index contributed by atoms with van der Waals surface area (Å²) < 4.78 is 2.07. The molecule has 3 rings (SSSR count). The zero-order valence-corrected chi connectivity index (χ0v) is 13.6. The Morgan fingerprint density at radius 1 is 1.33 bits per heavy atom. The predicted octanol–water partition coefficient (Wildman–Crippen LogP) is 2.52. The maximum absolute atomic E-state index is 4.36. The highest BCUT2D eigenvalue weighted by Gasteiger charge is 2.43. The van der Waals surface area contributed by atoms with Crippen LogP contribution in [-0.2, 0) is 6.54 Å². The molecule has 0 radical (unpaired) electrons. The lowest BCUT2D eigenvalue weighted by atomic mass is 9.87. The van der Waals surface area contributed by atoms with Gasteiger partial charge in [0.2, 0.25) is 0 Å². The largest absolute Gasteiger partial charge is 0.311 e. The van der Waals surface area contributed by atoms with Crippen LogP contribution in [0.25, 0.3) is 0 Å². The monoisotopic (exact) mass is 290 g/mol. The summed E-state index contributed by atoms with van der Waals surface area (Å²) in [6.07, 6.45) is 10.7. The highest BCUT2D eigenvalue weighted by molar-refractivity contribution is 5.02. The fourth-order valence-electron chi connectivity index (χ4n) is 4.10. The molecule has 1 aromatic rings. The zero-order valence-electron chi connectivity index (χ0n) is 13.6. The van der Waals surface area contributed by atoms with E-state index in [2.05, 4.69) is 40.0 Å². The van der Waals surface area contributed by atoms with Crippen molar-refractivity contribution in [2.75, 3.05) is 19.6 Å². The minimum Gasteiger partial charge on any atom is -0.311 e. The Hall–Kier alpha value is -0.870. The van der Waals surface area contributed by atoms with Gasteiger partial charge in [-0.1, -0.05) is 33.1 Å². The molecule has 2 atom stereocenters. The summed E-state index contributed by atoms with van der Waals surface area (Å²) in [5, 5.41) is 8.22. The lowest BCUT2D eigenvalue weighted by Crippen LogP contribution is -2.65. The number of aromatic nitrogens is 2. The molecule has 0 amide bonds. The number of rotatable bonds is 5. The zero-order chi connectivity index (χ0) is 14.7. The number of hydrogen-bond acceptors (Lipinski definition) is 3. The van der Waals surface area contributed by atoms with E-state index in [1.807, 2.05) is 12.3 Å². The van der Waals surface area contributed by atoms with Crippen molar-refractivity contribution in [1.29, 1.82) is 0 Å². The summed E-state index contributed by atoms with van der Waals surface area (Å²) in [6, 6.07) is 2.67. The van der Waals surface area contributed by atoms with E-state index in [9.17, 15) is 0 Å². The van der Waals surface area contributed by atoms with Crippen molar-refractivity contribution in [3.05, 3.63) is 18.5 Å². The quantitative estimate of drug-likeness (QED) is 0.904. The Kier molecular flexibility index (Phi) is 4.65. The molecule has 2 heterocycles. The van der Waals surface area contributed by atoms with Gasteiger partial charge in [0.1, 0.15) is 0 Å². The summed E-state index contributed by atoms with van der Waals surface area (Å²) in [4.78, 5) is 2.79. The third-order valence-corrected chi connectivity index (χ3v) is 5.80. The second-order valence-corrected chi connectivity index (χ2v) is 7.02. The first-order valence-corrected chi connectivity index (χ1v) is 8.69. The third kappa shape index (κ3) is 3.16. The van der Waals surface area contributed by atoms with E-state index in [1.165, 1.54) is 45.2 Å². The first kappa shape index (κ1) is 15.0. The summed E-state index contributed by atoms with van der Waals surface area (Å²) in [5.41, 5.74) is 0.428. The fraction of sp³-hybridized carbons (Fsp3) is 0.824. The van der Waals surface area contributed by atoms with Gasteiger partial charge in [-0.05, 0) is 24.8 Å². The van der Waals surface area contributed by atoms with Crippen molar-refractivity contribution in [2.45, 2.75) is 64.1 Å². The van der Waals surface area contributed by atoms with Crippen LogP contribution in [0.1, 0.15) is 46.0 Å². The van der Waals surface area contributed by atoms with E-state index in [4.69, 9.17) is 0 Å². The van der Waals surface area contributed by atoms with E-state index in [0.29, 0.717) is 11.6 Å². The lowest BCUT2D eigenvalue weighted by Gasteiger charge is -2.49. The van der Waals surface area contributed by atoms with Crippen LogP contribution in [0.4, 0.5) is 0 Å². The van der Waals surface area contributed by atoms with Gasteiger partial charge in [0.25, 0.3) is 0 Å². The molecule has 2 unspecified atom stereocenters. The van der Waals surface area contributed by atoms with Crippen LogP contribution in [0.2, 0.25) is 0 Å². The third-order valence-electron chi connectivity index (χ3n) is 5.80. The van der Waals surface area contributed by atoms with Crippen molar-refractivity contribution < 1.29 is 0 Å². The van der Waals surface area contributed by atoms with E-state index in [0.717, 1.165) is 19.0 Å². The average molecular weight is 290 g/mol. The topological polar surface area (TPSA) is 33.1 Å². The van der Waals surface area contributed by atoms with Crippen LogP contribution in [-0.4, -0.2) is 45.9 Å². The SMILES string of the molecule is CCC(C)C1CN(CCn2cccn2)C2(CCCC2)CN1. The molecule has 21 heavy (non-hydrogen) atoms. The Morgan fingerprint density at radius 2 is 2.14 bits per heavy atom. The Bertz CT molecular complexity index is 422. The van der Waals surface area contributed by atoms with E-state index < -0.39 is 0 Å². The number of nitrogens with zero attached hydrogens (tertiary/aromatic N) is 3. The normalized spacial score (nSPS) is 27.2. The van der Waals surface area contributed by atoms with Crippen LogP contribution < -0.4 is 5.32 Å². The Morgan fingerprint density at radius 3 is 2.81 bits per heavy atom. The van der Waals surface area contributed by atoms with Gasteiger partial charge in [-0.15, -0.1) is 0 Å². The van der Waals surface area contributed by atoms with Gasteiger partial charge in [-0.3, -0.25) is 9.58 Å². The maximum Gasteiger partial charge on any atom is 0.0536 e. The highest BCUT2D eigenvalue weighted by atomic mass is 15.3. The molecule has 1 N–H and O–H groups in total. The molecule has 2 fully saturated rings. The molecule has 1 saturated carbocycles. The minimum absolute atomic E-state index is 0.428. The van der Waals surface area contributed by atoms with Gasteiger partial charge in [0, 0.05) is 43.6 Å². The van der Waals surface area contributed by atoms with Crippen LogP contribution in [0, 0.1) is 5.92 Å². The molecule has 0 aromatic carbocycles. The standard InChI is InChI=1S/C17H30N4/c1-3-15(2)16-13-20(11-12-21-10-6-9-19-21)17(14-18-16)7-4-5-8-17/h6,9-10,15-16,18H,3-5,7-8,11-14H2,1-2H3. The summed E-state index contributed by atoms with van der Waals surface area (Å²) >= 11 is 0. The summed E-state index contributed by atoms with van der Waals surface area (Å²) in [7, 11) is 0. The van der Waals surface area contributed by atoms with Crippen molar-refractivity contribution in [1.82, 2.24) is 20.0 Å². The molecule has 1 aliphatic carbocycles.